The van der Waals surface area contributed by atoms with Crippen molar-refractivity contribution in [2.45, 2.75) is 19.4 Å². The van der Waals surface area contributed by atoms with E-state index < -0.39 is 0 Å². The van der Waals surface area contributed by atoms with Gasteiger partial charge in [-0.3, -0.25) is 9.67 Å². The molecule has 1 aromatic heterocycles. The van der Waals surface area contributed by atoms with E-state index in [1.807, 2.05) is 35.1 Å². The van der Waals surface area contributed by atoms with Crippen molar-refractivity contribution in [3.8, 4) is 11.5 Å². The van der Waals surface area contributed by atoms with E-state index in [2.05, 4.69) is 20.7 Å². The van der Waals surface area contributed by atoms with Gasteiger partial charge in [-0.25, -0.2) is 0 Å². The maximum atomic E-state index is 5.33. The van der Waals surface area contributed by atoms with Crippen LogP contribution in [-0.4, -0.2) is 50.1 Å². The Morgan fingerprint density at radius 1 is 1.16 bits per heavy atom. The number of aryl methyl sites for hydroxylation is 1. The monoisotopic (exact) mass is 345 g/mol. The zero-order valence-electron chi connectivity index (χ0n) is 15.2. The molecule has 0 aliphatic carbocycles. The van der Waals surface area contributed by atoms with Gasteiger partial charge in [-0.2, -0.15) is 5.10 Å². The quantitative estimate of drug-likeness (QED) is 0.411. The fourth-order valence-corrected chi connectivity index (χ4v) is 2.46. The molecule has 0 aliphatic heterocycles. The average molecular weight is 345 g/mol. The lowest BCUT2D eigenvalue weighted by Crippen LogP contribution is -2.39. The number of nitrogens with zero attached hydrogens (tertiary/aromatic N) is 3. The smallest absolute Gasteiger partial charge is 0.190 e. The molecule has 0 amide bonds. The number of aliphatic imine (C=N–C) groups is 1. The molecule has 136 valence electrons. The van der Waals surface area contributed by atoms with Crippen LogP contribution in [0.15, 0.2) is 41.7 Å². The van der Waals surface area contributed by atoms with Gasteiger partial charge in [0.15, 0.2) is 17.5 Å². The van der Waals surface area contributed by atoms with E-state index in [0.717, 1.165) is 49.9 Å². The van der Waals surface area contributed by atoms with Crippen molar-refractivity contribution in [1.29, 1.82) is 0 Å². The first-order valence-electron chi connectivity index (χ1n) is 8.39. The van der Waals surface area contributed by atoms with Crippen LogP contribution in [0.4, 0.5) is 0 Å². The van der Waals surface area contributed by atoms with Gasteiger partial charge in [0.1, 0.15) is 0 Å². The molecular weight excluding hydrogens is 318 g/mol. The minimum Gasteiger partial charge on any atom is -0.493 e. The van der Waals surface area contributed by atoms with Crippen LogP contribution in [-0.2, 0) is 13.0 Å². The van der Waals surface area contributed by atoms with Crippen LogP contribution in [0.25, 0.3) is 0 Å². The number of hydrogen-bond donors (Lipinski definition) is 2. The predicted octanol–water partition coefficient (Wildman–Crippen LogP) is 1.70. The first-order chi connectivity index (χ1) is 12.3. The van der Waals surface area contributed by atoms with E-state index in [1.165, 1.54) is 5.56 Å². The zero-order chi connectivity index (χ0) is 17.9. The number of hydrogen-bond acceptors (Lipinski definition) is 4. The molecule has 0 bridgehead atoms. The van der Waals surface area contributed by atoms with Gasteiger partial charge in [0.2, 0.25) is 0 Å². The Kier molecular flexibility index (Phi) is 7.62. The van der Waals surface area contributed by atoms with Crippen LogP contribution in [0.3, 0.4) is 0 Å². The summed E-state index contributed by atoms with van der Waals surface area (Å²) in [7, 11) is 5.06. The summed E-state index contributed by atoms with van der Waals surface area (Å²) in [6.45, 7) is 2.52. The highest BCUT2D eigenvalue weighted by Crippen LogP contribution is 2.27. The molecule has 7 nitrogen and oxygen atoms in total. The van der Waals surface area contributed by atoms with E-state index in [0.29, 0.717) is 0 Å². The lowest BCUT2D eigenvalue weighted by molar-refractivity contribution is 0.354. The molecule has 7 heteroatoms. The molecule has 2 rings (SSSR count). The van der Waals surface area contributed by atoms with Crippen molar-refractivity contribution in [3.63, 3.8) is 0 Å². The standard InChI is InChI=1S/C18H27N5O2/c1-19-18(20-9-4-12-23-13-5-10-22-23)21-11-8-15-6-7-16(24-2)17(14-15)25-3/h5-7,10,13-14H,4,8-9,11-12H2,1-3H3,(H2,19,20,21). The molecule has 0 spiro atoms. The normalized spacial score (nSPS) is 11.2. The second kappa shape index (κ2) is 10.2. The molecule has 1 heterocycles. The summed E-state index contributed by atoms with van der Waals surface area (Å²) in [5.41, 5.74) is 1.18. The van der Waals surface area contributed by atoms with E-state index in [4.69, 9.17) is 9.47 Å². The number of guanidine groups is 1. The minimum absolute atomic E-state index is 0.744. The Labute approximate surface area is 149 Å². The Morgan fingerprint density at radius 2 is 1.96 bits per heavy atom. The van der Waals surface area contributed by atoms with Gasteiger partial charge in [-0.1, -0.05) is 6.07 Å². The second-order valence-electron chi connectivity index (χ2n) is 5.49. The number of benzene rings is 1. The SMILES string of the molecule is CN=C(NCCCn1cccn1)NCCc1ccc(OC)c(OC)c1. The van der Waals surface area contributed by atoms with Crippen LogP contribution in [0, 0.1) is 0 Å². The molecule has 0 saturated heterocycles. The maximum Gasteiger partial charge on any atom is 0.190 e. The van der Waals surface area contributed by atoms with Crippen molar-refractivity contribution in [2.75, 3.05) is 34.4 Å². The second-order valence-corrected chi connectivity index (χ2v) is 5.49. The summed E-state index contributed by atoms with van der Waals surface area (Å²) < 4.78 is 12.5. The van der Waals surface area contributed by atoms with Gasteiger partial charge in [-0.05, 0) is 36.6 Å². The largest absolute Gasteiger partial charge is 0.493 e. The minimum atomic E-state index is 0.744. The van der Waals surface area contributed by atoms with Crippen molar-refractivity contribution in [3.05, 3.63) is 42.2 Å². The van der Waals surface area contributed by atoms with E-state index in [9.17, 15) is 0 Å². The summed E-state index contributed by atoms with van der Waals surface area (Å²) in [6.07, 6.45) is 5.62. The topological polar surface area (TPSA) is 72.7 Å². The molecule has 0 saturated carbocycles. The third-order valence-corrected chi connectivity index (χ3v) is 3.79. The lowest BCUT2D eigenvalue weighted by Gasteiger charge is -2.13. The van der Waals surface area contributed by atoms with E-state index in [1.54, 1.807) is 27.5 Å². The molecule has 0 radical (unpaired) electrons. The molecule has 2 N–H and O–H groups in total. The molecule has 0 fully saturated rings. The summed E-state index contributed by atoms with van der Waals surface area (Å²) in [5, 5.41) is 10.8. The number of methoxy groups -OCH3 is 2. The van der Waals surface area contributed by atoms with Crippen LogP contribution in [0.2, 0.25) is 0 Å². The average Bonchev–Trinajstić information content (AvgIpc) is 3.16. The van der Waals surface area contributed by atoms with Gasteiger partial charge >= 0.3 is 0 Å². The number of rotatable bonds is 9. The van der Waals surface area contributed by atoms with Crippen molar-refractivity contribution in [2.24, 2.45) is 4.99 Å². The number of ether oxygens (including phenoxy) is 2. The van der Waals surface area contributed by atoms with Crippen LogP contribution >= 0.6 is 0 Å². The highest BCUT2D eigenvalue weighted by atomic mass is 16.5. The van der Waals surface area contributed by atoms with Gasteiger partial charge < -0.3 is 20.1 Å². The molecule has 0 aliphatic rings. The van der Waals surface area contributed by atoms with Crippen LogP contribution in [0.1, 0.15) is 12.0 Å². The number of aromatic nitrogens is 2. The third-order valence-electron chi connectivity index (χ3n) is 3.79. The molecular formula is C18H27N5O2. The fourth-order valence-electron chi connectivity index (χ4n) is 2.46. The summed E-state index contributed by atoms with van der Waals surface area (Å²) >= 11 is 0. The highest BCUT2D eigenvalue weighted by molar-refractivity contribution is 5.79. The molecule has 25 heavy (non-hydrogen) atoms. The fraction of sp³-hybridized carbons (Fsp3) is 0.444. The number of nitrogens with one attached hydrogen (secondary N) is 2. The van der Waals surface area contributed by atoms with E-state index in [-0.39, 0.29) is 0 Å². The Hall–Kier alpha value is -2.70. The van der Waals surface area contributed by atoms with Gasteiger partial charge in [0, 0.05) is 39.1 Å². The molecule has 0 unspecified atom stereocenters. The molecule has 0 atom stereocenters. The van der Waals surface area contributed by atoms with Crippen LogP contribution < -0.4 is 20.1 Å². The highest BCUT2D eigenvalue weighted by Gasteiger charge is 2.05. The predicted molar refractivity (Wildman–Crippen MR) is 99.5 cm³/mol. The Bertz CT molecular complexity index is 655. The Morgan fingerprint density at radius 3 is 2.64 bits per heavy atom. The molecule has 1 aromatic carbocycles. The zero-order valence-corrected chi connectivity index (χ0v) is 15.2. The molecule has 2 aromatic rings. The lowest BCUT2D eigenvalue weighted by atomic mass is 10.1. The Balaban J connectivity index is 1.70. The van der Waals surface area contributed by atoms with Gasteiger partial charge in [-0.15, -0.1) is 0 Å². The van der Waals surface area contributed by atoms with Crippen molar-refractivity contribution >= 4 is 5.96 Å². The maximum absolute atomic E-state index is 5.33. The summed E-state index contributed by atoms with van der Waals surface area (Å²) in [5.74, 6) is 2.30. The van der Waals surface area contributed by atoms with Crippen LogP contribution in [0.5, 0.6) is 11.5 Å². The van der Waals surface area contributed by atoms with Crippen molar-refractivity contribution < 1.29 is 9.47 Å². The first kappa shape index (κ1) is 18.6. The van der Waals surface area contributed by atoms with Gasteiger partial charge in [0.05, 0.1) is 14.2 Å². The first-order valence-corrected chi connectivity index (χ1v) is 8.39. The summed E-state index contributed by atoms with van der Waals surface area (Å²) in [4.78, 5) is 4.24. The van der Waals surface area contributed by atoms with Crippen molar-refractivity contribution in [1.82, 2.24) is 20.4 Å². The van der Waals surface area contributed by atoms with E-state index >= 15 is 0 Å². The summed E-state index contributed by atoms with van der Waals surface area (Å²) in [6, 6.07) is 7.91. The van der Waals surface area contributed by atoms with Gasteiger partial charge in [0.25, 0.3) is 0 Å². The third kappa shape index (κ3) is 6.02.